The number of aliphatic hydroxyl groups is 1. The SMILES string of the molecule is Cc1ncc(-c2ccc(C(=O)Nc3nc4cc(-c5cnco5)ccc4n3CC(C)(C)O)s2)o1. The van der Waals surface area contributed by atoms with Crippen LogP contribution < -0.4 is 5.32 Å². The van der Waals surface area contributed by atoms with E-state index in [0.29, 0.717) is 33.8 Å². The van der Waals surface area contributed by atoms with Crippen molar-refractivity contribution < 1.29 is 18.7 Å². The molecule has 168 valence electrons. The first-order valence-corrected chi connectivity index (χ1v) is 11.0. The molecule has 0 saturated carbocycles. The van der Waals surface area contributed by atoms with Crippen molar-refractivity contribution in [3.05, 3.63) is 59.9 Å². The number of hydrogen-bond acceptors (Lipinski definition) is 8. The van der Waals surface area contributed by atoms with Crippen LogP contribution in [0.2, 0.25) is 0 Å². The molecule has 2 N–H and O–H groups in total. The van der Waals surface area contributed by atoms with Gasteiger partial charge in [-0.2, -0.15) is 0 Å². The van der Waals surface area contributed by atoms with Crippen molar-refractivity contribution in [1.82, 2.24) is 19.5 Å². The van der Waals surface area contributed by atoms with Crippen LogP contribution in [0.4, 0.5) is 5.95 Å². The van der Waals surface area contributed by atoms with E-state index in [0.717, 1.165) is 16.0 Å². The minimum atomic E-state index is -1.02. The second kappa shape index (κ2) is 7.98. The zero-order valence-corrected chi connectivity index (χ0v) is 19.0. The largest absolute Gasteiger partial charge is 0.444 e. The Hall–Kier alpha value is -3.76. The molecule has 0 atom stereocenters. The number of fused-ring (bicyclic) bond motifs is 1. The molecule has 5 aromatic rings. The monoisotopic (exact) mass is 463 g/mol. The summed E-state index contributed by atoms with van der Waals surface area (Å²) in [5.74, 6) is 1.84. The van der Waals surface area contributed by atoms with E-state index >= 15 is 0 Å². The molecule has 5 rings (SSSR count). The van der Waals surface area contributed by atoms with E-state index in [1.54, 1.807) is 43.8 Å². The second-order valence-electron chi connectivity index (χ2n) is 8.26. The molecular formula is C23H21N5O4S. The normalized spacial score (nSPS) is 11.9. The molecule has 1 aromatic carbocycles. The molecule has 33 heavy (non-hydrogen) atoms. The van der Waals surface area contributed by atoms with Gasteiger partial charge in [-0.25, -0.2) is 15.0 Å². The fourth-order valence-electron chi connectivity index (χ4n) is 3.51. The maximum Gasteiger partial charge on any atom is 0.268 e. The number of carbonyl (C=O) groups is 1. The Morgan fingerprint density at radius 3 is 2.76 bits per heavy atom. The van der Waals surface area contributed by atoms with Gasteiger partial charge in [-0.15, -0.1) is 11.3 Å². The molecule has 1 amide bonds. The van der Waals surface area contributed by atoms with Gasteiger partial charge in [0.2, 0.25) is 5.95 Å². The lowest BCUT2D eigenvalue weighted by Gasteiger charge is -2.20. The summed E-state index contributed by atoms with van der Waals surface area (Å²) < 4.78 is 12.7. The Labute approximate surface area is 192 Å². The predicted octanol–water partition coefficient (Wildman–Crippen LogP) is 4.74. The molecule has 0 unspecified atom stereocenters. The highest BCUT2D eigenvalue weighted by molar-refractivity contribution is 7.17. The van der Waals surface area contributed by atoms with Gasteiger partial charge >= 0.3 is 0 Å². The zero-order chi connectivity index (χ0) is 23.2. The summed E-state index contributed by atoms with van der Waals surface area (Å²) in [5, 5.41) is 13.4. The van der Waals surface area contributed by atoms with Gasteiger partial charge < -0.3 is 18.5 Å². The molecular weight excluding hydrogens is 442 g/mol. The highest BCUT2D eigenvalue weighted by atomic mass is 32.1. The number of aryl methyl sites for hydroxylation is 1. The minimum absolute atomic E-state index is 0.244. The molecule has 0 aliphatic heterocycles. The lowest BCUT2D eigenvalue weighted by Crippen LogP contribution is -2.27. The number of anilines is 1. The molecule has 0 saturated heterocycles. The van der Waals surface area contributed by atoms with Crippen LogP contribution in [0.1, 0.15) is 29.4 Å². The number of benzene rings is 1. The maximum atomic E-state index is 13.0. The molecule has 0 radical (unpaired) electrons. The topological polar surface area (TPSA) is 119 Å². The highest BCUT2D eigenvalue weighted by Crippen LogP contribution is 2.31. The number of nitrogens with zero attached hydrogens (tertiary/aromatic N) is 4. The fourth-order valence-corrected chi connectivity index (χ4v) is 4.36. The van der Waals surface area contributed by atoms with E-state index in [1.165, 1.54) is 17.7 Å². The standard InChI is InChI=1S/C23H21N5O4S/c1-13-25-10-18(32-13)19-6-7-20(33-19)21(29)27-22-26-15-8-14(17-9-24-12-31-17)4-5-16(15)28(22)11-23(2,3)30/h4-10,12,30H,11H2,1-3H3,(H,26,27,29). The molecule has 0 fully saturated rings. The Balaban J connectivity index is 1.49. The van der Waals surface area contributed by atoms with E-state index in [4.69, 9.17) is 8.83 Å². The predicted molar refractivity (Wildman–Crippen MR) is 124 cm³/mol. The van der Waals surface area contributed by atoms with Gasteiger partial charge in [0, 0.05) is 12.5 Å². The van der Waals surface area contributed by atoms with Gasteiger partial charge in [-0.1, -0.05) is 0 Å². The highest BCUT2D eigenvalue weighted by Gasteiger charge is 2.22. The Morgan fingerprint density at radius 2 is 2.06 bits per heavy atom. The summed E-state index contributed by atoms with van der Waals surface area (Å²) in [5.41, 5.74) is 1.24. The number of amides is 1. The van der Waals surface area contributed by atoms with Gasteiger partial charge in [-0.05, 0) is 44.2 Å². The quantitative estimate of drug-likeness (QED) is 0.373. The number of thiophene rings is 1. The number of hydrogen-bond donors (Lipinski definition) is 2. The Bertz CT molecular complexity index is 1440. The smallest absolute Gasteiger partial charge is 0.268 e. The minimum Gasteiger partial charge on any atom is -0.444 e. The van der Waals surface area contributed by atoms with Crippen LogP contribution in [0.15, 0.2) is 58.0 Å². The first kappa shape index (κ1) is 21.1. The number of oxazole rings is 2. The van der Waals surface area contributed by atoms with Crippen molar-refractivity contribution in [2.24, 2.45) is 0 Å². The van der Waals surface area contributed by atoms with Crippen molar-refractivity contribution in [1.29, 1.82) is 0 Å². The maximum absolute atomic E-state index is 13.0. The third-order valence-corrected chi connectivity index (χ3v) is 6.03. The first-order valence-electron chi connectivity index (χ1n) is 10.2. The molecule has 0 spiro atoms. The Morgan fingerprint density at radius 1 is 1.21 bits per heavy atom. The van der Waals surface area contributed by atoms with Crippen LogP contribution in [0, 0.1) is 6.92 Å². The van der Waals surface area contributed by atoms with E-state index in [-0.39, 0.29) is 12.5 Å². The lowest BCUT2D eigenvalue weighted by molar-refractivity contribution is 0.0630. The van der Waals surface area contributed by atoms with Crippen molar-refractivity contribution in [2.45, 2.75) is 32.9 Å². The Kier molecular flexibility index (Phi) is 5.10. The van der Waals surface area contributed by atoms with Crippen LogP contribution in [0.3, 0.4) is 0 Å². The van der Waals surface area contributed by atoms with Gasteiger partial charge in [0.05, 0.1) is 45.3 Å². The third kappa shape index (κ3) is 4.30. The van der Waals surface area contributed by atoms with E-state index in [1.807, 2.05) is 24.3 Å². The average Bonchev–Trinajstić information content (AvgIpc) is 3.54. The summed E-state index contributed by atoms with van der Waals surface area (Å²) >= 11 is 1.30. The first-order chi connectivity index (χ1) is 15.8. The molecule has 9 nitrogen and oxygen atoms in total. The average molecular weight is 464 g/mol. The van der Waals surface area contributed by atoms with Crippen molar-refractivity contribution in [3.63, 3.8) is 0 Å². The van der Waals surface area contributed by atoms with Crippen molar-refractivity contribution in [2.75, 3.05) is 5.32 Å². The van der Waals surface area contributed by atoms with Crippen molar-refractivity contribution in [3.8, 4) is 22.0 Å². The molecule has 4 aromatic heterocycles. The summed E-state index contributed by atoms with van der Waals surface area (Å²) in [6, 6.07) is 9.20. The molecule has 10 heteroatoms. The zero-order valence-electron chi connectivity index (χ0n) is 18.2. The van der Waals surface area contributed by atoms with Crippen LogP contribution in [-0.4, -0.2) is 36.1 Å². The summed E-state index contributed by atoms with van der Waals surface area (Å²) in [6.07, 6.45) is 4.63. The second-order valence-corrected chi connectivity index (χ2v) is 9.35. The molecule has 0 aliphatic carbocycles. The summed E-state index contributed by atoms with van der Waals surface area (Å²) in [6.45, 7) is 5.43. The van der Waals surface area contributed by atoms with Crippen LogP contribution in [0.5, 0.6) is 0 Å². The lowest BCUT2D eigenvalue weighted by atomic mass is 10.1. The number of imidazole rings is 1. The third-order valence-electron chi connectivity index (χ3n) is 4.93. The van der Waals surface area contributed by atoms with Gasteiger partial charge in [0.25, 0.3) is 5.91 Å². The van der Waals surface area contributed by atoms with Crippen LogP contribution >= 0.6 is 11.3 Å². The van der Waals surface area contributed by atoms with Gasteiger partial charge in [0.15, 0.2) is 23.8 Å². The van der Waals surface area contributed by atoms with Crippen LogP contribution in [0.25, 0.3) is 33.0 Å². The summed E-state index contributed by atoms with van der Waals surface area (Å²) in [7, 11) is 0. The van der Waals surface area contributed by atoms with E-state index < -0.39 is 5.60 Å². The number of aromatic nitrogens is 4. The number of rotatable bonds is 6. The number of carbonyl (C=O) groups excluding carboxylic acids is 1. The van der Waals surface area contributed by atoms with E-state index in [9.17, 15) is 9.90 Å². The van der Waals surface area contributed by atoms with Crippen molar-refractivity contribution >= 4 is 34.2 Å². The van der Waals surface area contributed by atoms with Gasteiger partial charge in [0.1, 0.15) is 0 Å². The molecule has 0 aliphatic rings. The summed E-state index contributed by atoms with van der Waals surface area (Å²) in [4.78, 5) is 27.0. The molecule has 4 heterocycles. The van der Waals surface area contributed by atoms with Gasteiger partial charge in [-0.3, -0.25) is 10.1 Å². The van der Waals surface area contributed by atoms with E-state index in [2.05, 4.69) is 20.3 Å². The fraction of sp³-hybridized carbons (Fsp3) is 0.217. The van der Waals surface area contributed by atoms with Crippen LogP contribution in [-0.2, 0) is 6.54 Å². The number of nitrogens with one attached hydrogen (secondary N) is 1. The molecule has 0 bridgehead atoms.